The number of rotatable bonds is 9. The number of amidine groups is 1. The van der Waals surface area contributed by atoms with Crippen molar-refractivity contribution in [1.29, 1.82) is 0 Å². The Morgan fingerprint density at radius 2 is 1.83 bits per heavy atom. The van der Waals surface area contributed by atoms with E-state index < -0.39 is 17.8 Å². The van der Waals surface area contributed by atoms with Gasteiger partial charge in [0.25, 0.3) is 0 Å². The maximum Gasteiger partial charge on any atom is 0.338 e. The largest absolute Gasteiger partial charge is 0.460 e. The lowest BCUT2D eigenvalue weighted by molar-refractivity contribution is -0.141. The molecule has 2 aromatic carbocycles. The molecule has 0 spiro atoms. The predicted molar refractivity (Wildman–Crippen MR) is 137 cm³/mol. The first-order valence-electron chi connectivity index (χ1n) is 11.5. The Balaban J connectivity index is 1.63. The molecule has 36 heavy (non-hydrogen) atoms. The normalized spacial score (nSPS) is 16.9. The molecule has 1 atom stereocenters. The van der Waals surface area contributed by atoms with Crippen molar-refractivity contribution >= 4 is 28.8 Å². The molecule has 2 aromatic rings. The van der Waals surface area contributed by atoms with Crippen LogP contribution in [0.2, 0.25) is 0 Å². The van der Waals surface area contributed by atoms with E-state index in [1.807, 2.05) is 35.7 Å². The van der Waals surface area contributed by atoms with Crippen LogP contribution < -0.4 is 0 Å². The quantitative estimate of drug-likeness (QED) is 0.362. The molecule has 0 saturated carbocycles. The minimum absolute atomic E-state index is 0.0624. The van der Waals surface area contributed by atoms with Gasteiger partial charge in [0.2, 0.25) is 5.91 Å². The summed E-state index contributed by atoms with van der Waals surface area (Å²) in [7, 11) is 3.27. The zero-order valence-corrected chi connectivity index (χ0v) is 21.3. The number of ether oxygens (including phenoxy) is 2. The molecule has 0 saturated heterocycles. The molecule has 0 aliphatic carbocycles. The highest BCUT2D eigenvalue weighted by atomic mass is 32.2. The Bertz CT molecular complexity index is 1230. The Kier molecular flexibility index (Phi) is 8.22. The Morgan fingerprint density at radius 1 is 1.11 bits per heavy atom. The van der Waals surface area contributed by atoms with E-state index in [9.17, 15) is 9.59 Å². The van der Waals surface area contributed by atoms with Crippen molar-refractivity contribution in [3.05, 3.63) is 93.9 Å². The van der Waals surface area contributed by atoms with Gasteiger partial charge in [-0.05, 0) is 24.0 Å². The number of halogens is 1. The van der Waals surface area contributed by atoms with Crippen LogP contribution in [0.1, 0.15) is 30.5 Å². The van der Waals surface area contributed by atoms with Crippen LogP contribution in [-0.2, 0) is 25.6 Å². The fraction of sp³-hybridized carbons (Fsp3) is 0.296. The smallest absolute Gasteiger partial charge is 0.338 e. The summed E-state index contributed by atoms with van der Waals surface area (Å²) < 4.78 is 25.5. The number of methoxy groups -OCH3 is 1. The minimum Gasteiger partial charge on any atom is -0.460 e. The van der Waals surface area contributed by atoms with Gasteiger partial charge < -0.3 is 19.3 Å². The molecule has 4 rings (SSSR count). The zero-order valence-electron chi connectivity index (χ0n) is 20.4. The maximum atomic E-state index is 15.1. The van der Waals surface area contributed by atoms with Crippen LogP contribution in [0.3, 0.4) is 0 Å². The van der Waals surface area contributed by atoms with Crippen LogP contribution in [0.5, 0.6) is 0 Å². The summed E-state index contributed by atoms with van der Waals surface area (Å²) in [6.07, 6.45) is 0.0748. The predicted octanol–water partition coefficient (Wildman–Crippen LogP) is 4.64. The van der Waals surface area contributed by atoms with Crippen LogP contribution in [-0.4, -0.2) is 54.2 Å². The second kappa shape index (κ2) is 11.5. The highest BCUT2D eigenvalue weighted by molar-refractivity contribution is 8.16. The van der Waals surface area contributed by atoms with Crippen molar-refractivity contribution in [2.45, 2.75) is 25.9 Å². The third-order valence-electron chi connectivity index (χ3n) is 5.96. The number of carbonyl (C=O) groups excluding carboxylic acids is 2. The molecule has 0 aromatic heterocycles. The van der Waals surface area contributed by atoms with E-state index in [1.54, 1.807) is 42.0 Å². The van der Waals surface area contributed by atoms with Crippen LogP contribution >= 0.6 is 11.8 Å². The zero-order chi connectivity index (χ0) is 25.7. The van der Waals surface area contributed by atoms with Gasteiger partial charge in [0.05, 0.1) is 30.3 Å². The third kappa shape index (κ3) is 5.52. The van der Waals surface area contributed by atoms with Gasteiger partial charge >= 0.3 is 5.97 Å². The van der Waals surface area contributed by atoms with Crippen molar-refractivity contribution < 1.29 is 23.5 Å². The van der Waals surface area contributed by atoms with E-state index in [1.165, 1.54) is 24.9 Å². The molecule has 188 valence electrons. The fourth-order valence-electron chi connectivity index (χ4n) is 4.15. The standard InChI is InChI=1S/C27H28FN3O4S/c1-18-24(26(33)35-14-13-34-3)25(21-11-7-8-12-22(21)28)31-20(17-36-27(31)29-18)15-23(32)30(2)16-19-9-5-4-6-10-19/h4-12,17,25H,13-16H2,1-3H3. The van der Waals surface area contributed by atoms with Crippen LogP contribution in [0, 0.1) is 5.82 Å². The number of benzene rings is 2. The van der Waals surface area contributed by atoms with Gasteiger partial charge in [-0.2, -0.15) is 0 Å². The molecule has 0 radical (unpaired) electrons. The van der Waals surface area contributed by atoms with Crippen LogP contribution in [0.15, 0.2) is 82.0 Å². The number of amides is 1. The van der Waals surface area contributed by atoms with E-state index in [0.29, 0.717) is 28.7 Å². The molecule has 1 unspecified atom stereocenters. The SMILES string of the molecule is COCCOC(=O)C1=C(C)N=C2SC=C(CC(=O)N(C)Cc3ccccc3)N2C1c1ccccc1F. The number of esters is 1. The number of hydrogen-bond acceptors (Lipinski definition) is 7. The van der Waals surface area contributed by atoms with E-state index >= 15 is 4.39 Å². The number of thioether (sulfide) groups is 1. The van der Waals surface area contributed by atoms with Crippen molar-refractivity contribution in [3.8, 4) is 0 Å². The summed E-state index contributed by atoms with van der Waals surface area (Å²) in [6, 6.07) is 15.2. The van der Waals surface area contributed by atoms with Crippen LogP contribution in [0.4, 0.5) is 4.39 Å². The Labute approximate surface area is 214 Å². The van der Waals surface area contributed by atoms with E-state index in [0.717, 1.165) is 5.56 Å². The van der Waals surface area contributed by atoms with Crippen LogP contribution in [0.25, 0.3) is 0 Å². The van der Waals surface area contributed by atoms with Crippen molar-refractivity contribution in [1.82, 2.24) is 9.80 Å². The monoisotopic (exact) mass is 509 g/mol. The highest BCUT2D eigenvalue weighted by Crippen LogP contribution is 2.45. The Hall–Kier alpha value is -3.43. The van der Waals surface area contributed by atoms with Crippen molar-refractivity contribution in [2.75, 3.05) is 27.4 Å². The molecule has 2 heterocycles. The molecule has 1 amide bonds. The molecular weight excluding hydrogens is 481 g/mol. The summed E-state index contributed by atoms with van der Waals surface area (Å²) in [5, 5.41) is 2.43. The number of fused-ring (bicyclic) bond motifs is 1. The number of allylic oxidation sites excluding steroid dienone is 1. The van der Waals surface area contributed by atoms with Gasteiger partial charge in [-0.3, -0.25) is 4.79 Å². The summed E-state index contributed by atoms with van der Waals surface area (Å²) in [4.78, 5) is 34.3. The second-order valence-electron chi connectivity index (χ2n) is 8.46. The van der Waals surface area contributed by atoms with Gasteiger partial charge in [-0.25, -0.2) is 14.2 Å². The molecule has 0 bridgehead atoms. The average molecular weight is 510 g/mol. The van der Waals surface area contributed by atoms with Gasteiger partial charge in [0.1, 0.15) is 12.4 Å². The second-order valence-corrected chi connectivity index (χ2v) is 9.29. The molecular formula is C27H28FN3O4S. The number of carbonyl (C=O) groups is 2. The highest BCUT2D eigenvalue weighted by Gasteiger charge is 2.42. The van der Waals surface area contributed by atoms with Gasteiger partial charge in [0, 0.05) is 32.0 Å². The summed E-state index contributed by atoms with van der Waals surface area (Å²) in [6.45, 7) is 2.48. The Morgan fingerprint density at radius 3 is 2.56 bits per heavy atom. The average Bonchev–Trinajstić information content (AvgIpc) is 3.26. The van der Waals surface area contributed by atoms with E-state index in [-0.39, 0.29) is 31.1 Å². The molecule has 7 nitrogen and oxygen atoms in total. The molecule has 0 fully saturated rings. The lowest BCUT2D eigenvalue weighted by atomic mass is 9.93. The first-order valence-corrected chi connectivity index (χ1v) is 12.4. The first kappa shape index (κ1) is 25.7. The van der Waals surface area contributed by atoms with E-state index in [4.69, 9.17) is 9.47 Å². The number of hydrogen-bond donors (Lipinski definition) is 0. The summed E-state index contributed by atoms with van der Waals surface area (Å²) >= 11 is 1.35. The van der Waals surface area contributed by atoms with Gasteiger partial charge in [-0.1, -0.05) is 60.3 Å². The molecule has 0 N–H and O–H groups in total. The lowest BCUT2D eigenvalue weighted by Crippen LogP contribution is -2.38. The van der Waals surface area contributed by atoms with Gasteiger partial charge in [0.15, 0.2) is 5.17 Å². The van der Waals surface area contributed by atoms with Gasteiger partial charge in [-0.15, -0.1) is 0 Å². The third-order valence-corrected chi connectivity index (χ3v) is 6.85. The minimum atomic E-state index is -0.817. The number of aliphatic imine (C=N–C) groups is 1. The number of nitrogens with zero attached hydrogens (tertiary/aromatic N) is 3. The summed E-state index contributed by atoms with van der Waals surface area (Å²) in [5.74, 6) is -1.15. The molecule has 9 heteroatoms. The van der Waals surface area contributed by atoms with Crippen molar-refractivity contribution in [2.24, 2.45) is 4.99 Å². The first-order chi connectivity index (χ1) is 17.4. The lowest BCUT2D eigenvalue weighted by Gasteiger charge is -2.36. The van der Waals surface area contributed by atoms with E-state index in [2.05, 4.69) is 4.99 Å². The maximum absolute atomic E-state index is 15.1. The molecule has 2 aliphatic rings. The summed E-state index contributed by atoms with van der Waals surface area (Å²) in [5.41, 5.74) is 2.66. The van der Waals surface area contributed by atoms with Crippen molar-refractivity contribution in [3.63, 3.8) is 0 Å². The fourth-order valence-corrected chi connectivity index (χ4v) is 5.12. The topological polar surface area (TPSA) is 71.4 Å². The molecule has 2 aliphatic heterocycles.